The fourth-order valence-corrected chi connectivity index (χ4v) is 2.40. The molecule has 0 saturated heterocycles. The molecule has 0 radical (unpaired) electrons. The van der Waals surface area contributed by atoms with Gasteiger partial charge in [0.15, 0.2) is 0 Å². The summed E-state index contributed by atoms with van der Waals surface area (Å²) in [7, 11) is 0. The van der Waals surface area contributed by atoms with Gasteiger partial charge in [0.25, 0.3) is 0 Å². The molecule has 0 aromatic heterocycles. The average molecular weight is 293 g/mol. The lowest BCUT2D eigenvalue weighted by molar-refractivity contribution is -0.142. The van der Waals surface area contributed by atoms with E-state index in [1.165, 1.54) is 17.4 Å². The normalized spacial score (nSPS) is 12.0. The Hall–Kier alpha value is -0.980. The van der Waals surface area contributed by atoms with Gasteiger partial charge in [-0.3, -0.25) is 10.2 Å². The summed E-state index contributed by atoms with van der Waals surface area (Å²) in [4.78, 5) is 12.2. The smallest absolute Gasteiger partial charge is 0.319 e. The highest BCUT2D eigenvalue weighted by atomic mass is 35.5. The van der Waals surface area contributed by atoms with Crippen LogP contribution in [0.15, 0.2) is 23.1 Å². The molecule has 1 atom stereocenters. The van der Waals surface area contributed by atoms with E-state index in [2.05, 4.69) is 5.43 Å². The van der Waals surface area contributed by atoms with Gasteiger partial charge < -0.3 is 4.74 Å². The maximum absolute atomic E-state index is 11.8. The Balaban J connectivity index is 2.70. The second kappa shape index (κ2) is 7.45. The van der Waals surface area contributed by atoms with Crippen molar-refractivity contribution in [3.05, 3.63) is 23.2 Å². The van der Waals surface area contributed by atoms with E-state index in [9.17, 15) is 9.28 Å². The molecule has 100 valence electrons. The van der Waals surface area contributed by atoms with Crippen molar-refractivity contribution in [2.24, 2.45) is 0 Å². The number of hydrogen-bond acceptors (Lipinski definition) is 5. The quantitative estimate of drug-likeness (QED) is 0.365. The number of halogens is 2. The van der Waals surface area contributed by atoms with E-state index in [4.69, 9.17) is 16.3 Å². The van der Waals surface area contributed by atoms with E-state index < -0.39 is 0 Å². The van der Waals surface area contributed by atoms with Gasteiger partial charge in [0.1, 0.15) is 5.25 Å². The van der Waals surface area contributed by atoms with Crippen LogP contribution in [-0.2, 0) is 9.53 Å². The number of esters is 1. The van der Waals surface area contributed by atoms with Gasteiger partial charge in [-0.15, -0.1) is 16.2 Å². The van der Waals surface area contributed by atoms with E-state index in [-0.39, 0.29) is 11.2 Å². The number of anilines is 1. The summed E-state index contributed by atoms with van der Waals surface area (Å²) < 4.78 is 16.7. The lowest BCUT2D eigenvalue weighted by Crippen LogP contribution is -2.16. The highest BCUT2D eigenvalue weighted by Crippen LogP contribution is 2.32. The van der Waals surface area contributed by atoms with Crippen LogP contribution in [0.25, 0.3) is 0 Å². The summed E-state index contributed by atoms with van der Waals surface area (Å²) in [5, 5.41) is 0.0944. The van der Waals surface area contributed by atoms with Crippen molar-refractivity contribution in [2.45, 2.75) is 24.0 Å². The Kier molecular flexibility index (Phi) is 6.24. The van der Waals surface area contributed by atoms with Crippen LogP contribution in [0.3, 0.4) is 0 Å². The summed E-state index contributed by atoms with van der Waals surface area (Å²) in [6, 6.07) is 4.93. The molecule has 0 amide bonds. The lowest BCUT2D eigenvalue weighted by Gasteiger charge is -2.12. The van der Waals surface area contributed by atoms with Gasteiger partial charge in [-0.25, -0.2) is 0 Å². The van der Waals surface area contributed by atoms with Gasteiger partial charge in [-0.1, -0.05) is 17.2 Å². The molecule has 0 aliphatic rings. The molecule has 1 unspecified atom stereocenters. The van der Waals surface area contributed by atoms with Gasteiger partial charge >= 0.3 is 5.97 Å². The van der Waals surface area contributed by atoms with Crippen LogP contribution < -0.4 is 11.1 Å². The average Bonchev–Trinajstić information content (AvgIpc) is 2.33. The number of benzene rings is 1. The Bertz CT molecular complexity index is 420. The minimum Gasteiger partial charge on any atom is -0.465 e. The van der Waals surface area contributed by atoms with Crippen molar-refractivity contribution < 1.29 is 14.0 Å². The Morgan fingerprint density at radius 2 is 2.33 bits per heavy atom. The number of ether oxygens (including phenoxy) is 1. The van der Waals surface area contributed by atoms with E-state index in [1.807, 2.05) is 0 Å². The van der Waals surface area contributed by atoms with Gasteiger partial charge in [0, 0.05) is 4.90 Å². The number of carbonyl (C=O) groups is 1. The Morgan fingerprint density at radius 3 is 2.89 bits per heavy atom. The maximum atomic E-state index is 11.8. The number of carbonyl (C=O) groups excluding carboxylic acids is 1. The number of hydrogen-bond donors (Lipinski definition) is 2. The molecule has 0 heterocycles. The molecule has 4 nitrogen and oxygen atoms in total. The molecule has 18 heavy (non-hydrogen) atoms. The van der Waals surface area contributed by atoms with Crippen LogP contribution in [0.1, 0.15) is 13.8 Å². The zero-order valence-electron chi connectivity index (χ0n) is 10.00. The lowest BCUT2D eigenvalue weighted by atomic mass is 10.3. The van der Waals surface area contributed by atoms with Gasteiger partial charge in [0.05, 0.1) is 17.3 Å². The SMILES string of the molecule is CCOC(=O)C(C)Sc1ccc(NNF)cc1Cl. The number of hydrazine groups is 1. The largest absolute Gasteiger partial charge is 0.465 e. The van der Waals surface area contributed by atoms with Crippen molar-refractivity contribution >= 4 is 35.0 Å². The monoisotopic (exact) mass is 292 g/mol. The molecule has 0 saturated carbocycles. The minimum atomic E-state index is -0.347. The third-order valence-electron chi connectivity index (χ3n) is 2.05. The van der Waals surface area contributed by atoms with Crippen LogP contribution in [0.4, 0.5) is 10.2 Å². The second-order valence-electron chi connectivity index (χ2n) is 3.38. The molecule has 7 heteroatoms. The Labute approximate surface area is 114 Å². The summed E-state index contributed by atoms with van der Waals surface area (Å²) in [5.41, 5.74) is 4.08. The summed E-state index contributed by atoms with van der Waals surface area (Å²) in [5.74, 6) is -0.286. The first-order valence-electron chi connectivity index (χ1n) is 5.33. The molecule has 2 N–H and O–H groups in total. The summed E-state index contributed by atoms with van der Waals surface area (Å²) >= 11 is 7.32. The zero-order valence-corrected chi connectivity index (χ0v) is 11.6. The molecule has 0 aliphatic heterocycles. The van der Waals surface area contributed by atoms with Crippen molar-refractivity contribution in [3.63, 3.8) is 0 Å². The fraction of sp³-hybridized carbons (Fsp3) is 0.364. The zero-order chi connectivity index (χ0) is 13.5. The first-order valence-corrected chi connectivity index (χ1v) is 6.58. The van der Waals surface area contributed by atoms with Crippen LogP contribution in [0.5, 0.6) is 0 Å². The van der Waals surface area contributed by atoms with Crippen molar-refractivity contribution in [1.82, 2.24) is 5.65 Å². The number of thioether (sulfide) groups is 1. The van der Waals surface area contributed by atoms with Crippen molar-refractivity contribution in [2.75, 3.05) is 12.0 Å². The van der Waals surface area contributed by atoms with Gasteiger partial charge in [0.2, 0.25) is 0 Å². The molecule has 1 rings (SSSR count). The number of rotatable bonds is 6. The molecular formula is C11H14ClFN2O2S. The van der Waals surface area contributed by atoms with Gasteiger partial charge in [-0.05, 0) is 32.0 Å². The molecule has 1 aromatic rings. The van der Waals surface area contributed by atoms with E-state index in [0.717, 1.165) is 4.90 Å². The highest BCUT2D eigenvalue weighted by molar-refractivity contribution is 8.00. The fourth-order valence-electron chi connectivity index (χ4n) is 1.23. The van der Waals surface area contributed by atoms with E-state index in [1.54, 1.807) is 32.0 Å². The van der Waals surface area contributed by atoms with Crippen molar-refractivity contribution in [3.8, 4) is 0 Å². The topological polar surface area (TPSA) is 50.4 Å². The summed E-state index contributed by atoms with van der Waals surface area (Å²) in [6.45, 7) is 3.85. The third-order valence-corrected chi connectivity index (χ3v) is 3.63. The predicted molar refractivity (Wildman–Crippen MR) is 71.3 cm³/mol. The van der Waals surface area contributed by atoms with E-state index in [0.29, 0.717) is 17.3 Å². The summed E-state index contributed by atoms with van der Waals surface area (Å²) in [6.07, 6.45) is 0. The van der Waals surface area contributed by atoms with Crippen LogP contribution in [-0.4, -0.2) is 17.8 Å². The molecule has 0 aliphatic carbocycles. The minimum absolute atomic E-state index is 0.286. The van der Waals surface area contributed by atoms with Crippen LogP contribution >= 0.6 is 23.4 Å². The van der Waals surface area contributed by atoms with Gasteiger partial charge in [-0.2, -0.15) is 0 Å². The molecular weight excluding hydrogens is 279 g/mol. The van der Waals surface area contributed by atoms with Crippen molar-refractivity contribution in [1.29, 1.82) is 0 Å². The van der Waals surface area contributed by atoms with E-state index >= 15 is 0 Å². The first-order chi connectivity index (χ1) is 8.58. The Morgan fingerprint density at radius 1 is 1.61 bits per heavy atom. The predicted octanol–water partition coefficient (Wildman–Crippen LogP) is 3.18. The molecule has 0 bridgehead atoms. The third kappa shape index (κ3) is 4.36. The molecule has 0 fully saturated rings. The first kappa shape index (κ1) is 15.1. The van der Waals surface area contributed by atoms with Crippen LogP contribution in [0.2, 0.25) is 5.02 Å². The number of nitrogens with one attached hydrogen (secondary N) is 2. The van der Waals surface area contributed by atoms with Crippen LogP contribution in [0, 0.1) is 0 Å². The standard InChI is InChI=1S/C11H14ClFN2O2S/c1-3-17-11(16)7(2)18-10-5-4-8(14-15-13)6-9(10)12/h4-7,14-15H,3H2,1-2H3. The highest BCUT2D eigenvalue weighted by Gasteiger charge is 2.16. The molecule has 1 aromatic carbocycles. The second-order valence-corrected chi connectivity index (χ2v) is 5.17. The maximum Gasteiger partial charge on any atom is 0.319 e. The molecule has 0 spiro atoms.